The number of likely N-dealkylation sites (tertiary alicyclic amines) is 1. The molecule has 0 amide bonds. The van der Waals surface area contributed by atoms with E-state index < -0.39 is 0 Å². The van der Waals surface area contributed by atoms with E-state index in [-0.39, 0.29) is 5.56 Å². The van der Waals surface area contributed by atoms with Crippen LogP contribution in [0.5, 0.6) is 0 Å². The lowest BCUT2D eigenvalue weighted by atomic mass is 10.2. The number of rotatable bonds is 8. The van der Waals surface area contributed by atoms with Crippen molar-refractivity contribution in [2.24, 2.45) is 0 Å². The Hall–Kier alpha value is -2.09. The fourth-order valence-electron chi connectivity index (χ4n) is 3.70. The van der Waals surface area contributed by atoms with Gasteiger partial charge in [0.25, 0.3) is 5.56 Å². The summed E-state index contributed by atoms with van der Waals surface area (Å²) in [6.07, 6.45) is 6.46. The molecule has 1 saturated heterocycles. The Bertz CT molecular complexity index is 1040. The first-order valence-corrected chi connectivity index (χ1v) is 10.7. The van der Waals surface area contributed by atoms with E-state index in [1.54, 1.807) is 18.5 Å². The van der Waals surface area contributed by atoms with Gasteiger partial charge in [-0.05, 0) is 63.0 Å². The normalized spacial score (nSPS) is 14.7. The molecule has 1 aromatic carbocycles. The molecule has 0 atom stereocenters. The molecular formula is C20H24Cl2N6O. The summed E-state index contributed by atoms with van der Waals surface area (Å²) in [4.78, 5) is 26.7. The van der Waals surface area contributed by atoms with E-state index in [0.717, 1.165) is 31.5 Å². The number of aryl methyl sites for hydroxylation is 1. The molecule has 2 N–H and O–H groups in total. The van der Waals surface area contributed by atoms with E-state index in [9.17, 15) is 4.79 Å². The van der Waals surface area contributed by atoms with Gasteiger partial charge in [0.15, 0.2) is 11.2 Å². The third-order valence-electron chi connectivity index (χ3n) is 5.25. The minimum atomic E-state index is -0.191. The molecule has 4 rings (SSSR count). The predicted molar refractivity (Wildman–Crippen MR) is 117 cm³/mol. The van der Waals surface area contributed by atoms with Gasteiger partial charge in [0.05, 0.1) is 16.4 Å². The second-order valence-electron chi connectivity index (χ2n) is 7.38. The number of nitrogens with one attached hydrogen (secondary N) is 2. The van der Waals surface area contributed by atoms with Crippen LogP contribution in [-0.2, 0) is 13.1 Å². The Labute approximate surface area is 179 Å². The van der Waals surface area contributed by atoms with E-state index in [1.165, 1.54) is 25.9 Å². The van der Waals surface area contributed by atoms with E-state index >= 15 is 0 Å². The molecule has 0 spiro atoms. The molecule has 9 heteroatoms. The van der Waals surface area contributed by atoms with Crippen LogP contribution in [0.25, 0.3) is 11.2 Å². The lowest BCUT2D eigenvalue weighted by molar-refractivity contribution is 0.327. The summed E-state index contributed by atoms with van der Waals surface area (Å²) in [5.74, 6) is 0.382. The zero-order valence-corrected chi connectivity index (χ0v) is 17.6. The van der Waals surface area contributed by atoms with Crippen LogP contribution < -0.4 is 10.9 Å². The molecule has 0 unspecified atom stereocenters. The number of imidazole rings is 1. The van der Waals surface area contributed by atoms with Gasteiger partial charge in [-0.3, -0.25) is 9.78 Å². The molecule has 1 fully saturated rings. The van der Waals surface area contributed by atoms with Crippen molar-refractivity contribution in [3.8, 4) is 0 Å². The second kappa shape index (κ2) is 9.15. The number of aromatic amines is 1. The summed E-state index contributed by atoms with van der Waals surface area (Å²) < 4.78 is 1.90. The third kappa shape index (κ3) is 4.91. The summed E-state index contributed by atoms with van der Waals surface area (Å²) >= 11 is 12.0. The summed E-state index contributed by atoms with van der Waals surface area (Å²) in [6.45, 7) is 4.79. The molecule has 29 heavy (non-hydrogen) atoms. The van der Waals surface area contributed by atoms with E-state index in [4.69, 9.17) is 23.2 Å². The van der Waals surface area contributed by atoms with Crippen LogP contribution in [0.1, 0.15) is 31.2 Å². The Morgan fingerprint density at radius 1 is 1.10 bits per heavy atom. The van der Waals surface area contributed by atoms with Crippen molar-refractivity contribution >= 4 is 40.3 Å². The van der Waals surface area contributed by atoms with Gasteiger partial charge < -0.3 is 14.8 Å². The summed E-state index contributed by atoms with van der Waals surface area (Å²) in [5, 5.41) is 4.11. The van der Waals surface area contributed by atoms with Crippen LogP contribution in [0, 0.1) is 0 Å². The van der Waals surface area contributed by atoms with Gasteiger partial charge in [0.1, 0.15) is 0 Å². The minimum Gasteiger partial charge on any atom is -0.352 e. The number of unbranched alkanes of at least 4 members (excludes halogenated alkanes) is 1. The van der Waals surface area contributed by atoms with Crippen molar-refractivity contribution in [2.45, 2.75) is 38.8 Å². The smallest absolute Gasteiger partial charge is 0.278 e. The fraction of sp³-hybridized carbons (Fsp3) is 0.450. The number of halogens is 2. The summed E-state index contributed by atoms with van der Waals surface area (Å²) in [7, 11) is 0. The Morgan fingerprint density at radius 2 is 1.90 bits per heavy atom. The van der Waals surface area contributed by atoms with Crippen molar-refractivity contribution in [3.05, 3.63) is 50.5 Å². The van der Waals surface area contributed by atoms with E-state index in [1.807, 2.05) is 10.6 Å². The number of hydrogen-bond donors (Lipinski definition) is 2. The van der Waals surface area contributed by atoms with Crippen molar-refractivity contribution in [1.82, 2.24) is 24.4 Å². The second-order valence-corrected chi connectivity index (χ2v) is 8.20. The number of anilines is 1. The Kier molecular flexibility index (Phi) is 6.37. The van der Waals surface area contributed by atoms with Gasteiger partial charge >= 0.3 is 0 Å². The number of aromatic nitrogens is 4. The number of nitrogens with zero attached hydrogens (tertiary/aromatic N) is 4. The number of hydrogen-bond acceptors (Lipinski definition) is 5. The molecule has 3 aromatic rings. The zero-order chi connectivity index (χ0) is 20.2. The first-order chi connectivity index (χ1) is 14.1. The highest BCUT2D eigenvalue weighted by Crippen LogP contribution is 2.23. The first kappa shape index (κ1) is 20.2. The summed E-state index contributed by atoms with van der Waals surface area (Å²) in [6, 6.07) is 5.39. The molecule has 1 aliphatic rings. The van der Waals surface area contributed by atoms with Gasteiger partial charge in [0, 0.05) is 13.1 Å². The molecule has 0 aliphatic carbocycles. The highest BCUT2D eigenvalue weighted by Gasteiger charge is 2.12. The zero-order valence-electron chi connectivity index (χ0n) is 16.1. The highest BCUT2D eigenvalue weighted by atomic mass is 35.5. The Balaban J connectivity index is 1.38. The van der Waals surface area contributed by atoms with Gasteiger partial charge in [0.2, 0.25) is 5.95 Å². The van der Waals surface area contributed by atoms with Crippen LogP contribution in [0.15, 0.2) is 29.3 Å². The molecule has 0 radical (unpaired) electrons. The van der Waals surface area contributed by atoms with Gasteiger partial charge in [-0.25, -0.2) is 4.98 Å². The van der Waals surface area contributed by atoms with Crippen LogP contribution in [0.3, 0.4) is 0 Å². The van der Waals surface area contributed by atoms with Crippen LogP contribution in [-0.4, -0.2) is 44.1 Å². The maximum absolute atomic E-state index is 12.6. The van der Waals surface area contributed by atoms with Gasteiger partial charge in [-0.2, -0.15) is 4.98 Å². The first-order valence-electron chi connectivity index (χ1n) is 9.95. The quantitative estimate of drug-likeness (QED) is 0.525. The van der Waals surface area contributed by atoms with Crippen LogP contribution in [0.2, 0.25) is 10.0 Å². The molecule has 0 bridgehead atoms. The van der Waals surface area contributed by atoms with Crippen molar-refractivity contribution in [2.75, 3.05) is 25.0 Å². The number of benzene rings is 1. The molecule has 2 aromatic heterocycles. The third-order valence-corrected chi connectivity index (χ3v) is 5.99. The number of fused-ring (bicyclic) bond motifs is 1. The van der Waals surface area contributed by atoms with E-state index in [2.05, 4.69) is 25.2 Å². The molecule has 1 aliphatic heterocycles. The monoisotopic (exact) mass is 434 g/mol. The average molecular weight is 435 g/mol. The minimum absolute atomic E-state index is 0.191. The predicted octanol–water partition coefficient (Wildman–Crippen LogP) is 3.91. The largest absolute Gasteiger partial charge is 0.352 e. The summed E-state index contributed by atoms with van der Waals surface area (Å²) in [5.41, 5.74) is 1.71. The lowest BCUT2D eigenvalue weighted by Gasteiger charge is -2.14. The van der Waals surface area contributed by atoms with Crippen LogP contribution >= 0.6 is 23.2 Å². The molecular weight excluding hydrogens is 411 g/mol. The van der Waals surface area contributed by atoms with Crippen molar-refractivity contribution < 1.29 is 0 Å². The molecule has 3 heterocycles. The fourth-order valence-corrected chi connectivity index (χ4v) is 4.02. The maximum atomic E-state index is 12.6. The average Bonchev–Trinajstić information content (AvgIpc) is 3.36. The van der Waals surface area contributed by atoms with Crippen molar-refractivity contribution in [1.29, 1.82) is 0 Å². The van der Waals surface area contributed by atoms with E-state index in [0.29, 0.717) is 33.7 Å². The molecule has 7 nitrogen and oxygen atoms in total. The van der Waals surface area contributed by atoms with Crippen molar-refractivity contribution in [3.63, 3.8) is 0 Å². The van der Waals surface area contributed by atoms with Gasteiger partial charge in [-0.1, -0.05) is 29.3 Å². The number of H-pyrrole nitrogens is 1. The standard InChI is InChI=1S/C20H24Cl2N6O/c21-15-6-5-14(11-16(15)22)12-23-20-25-18-17(19(29)26-20)28(13-24-18)10-4-3-9-27-7-1-2-8-27/h5-6,11,13H,1-4,7-10,12H2,(H2,23,25,26,29). The Morgan fingerprint density at radius 3 is 2.69 bits per heavy atom. The lowest BCUT2D eigenvalue weighted by Crippen LogP contribution is -2.20. The highest BCUT2D eigenvalue weighted by molar-refractivity contribution is 6.42. The molecule has 154 valence electrons. The topological polar surface area (TPSA) is 78.8 Å². The van der Waals surface area contributed by atoms with Gasteiger partial charge in [-0.15, -0.1) is 0 Å². The maximum Gasteiger partial charge on any atom is 0.278 e. The molecule has 0 saturated carbocycles. The SMILES string of the molecule is O=c1[nH]c(NCc2ccc(Cl)c(Cl)c2)nc2ncn(CCCCN3CCCC3)c12. The van der Waals surface area contributed by atoms with Crippen LogP contribution in [0.4, 0.5) is 5.95 Å².